The average molecular weight is 368 g/mol. The Labute approximate surface area is 161 Å². The highest BCUT2D eigenvalue weighted by Gasteiger charge is 1.92. The van der Waals surface area contributed by atoms with Gasteiger partial charge in [0, 0.05) is 12.4 Å². The topological polar surface area (TPSA) is 52.4 Å². The van der Waals surface area contributed by atoms with Crippen LogP contribution in [0.1, 0.15) is 11.1 Å². The van der Waals surface area contributed by atoms with Crippen molar-refractivity contribution >= 4 is 12.4 Å². The van der Waals surface area contributed by atoms with Crippen LogP contribution in [0.25, 0.3) is 0 Å². The summed E-state index contributed by atoms with van der Waals surface area (Å²) in [6.07, 6.45) is 3.72. The van der Waals surface area contributed by atoms with Gasteiger partial charge in [0.2, 0.25) is 0 Å². The Morgan fingerprint density at radius 1 is 0.519 bits per heavy atom. The first-order chi connectivity index (χ1) is 13.4. The first kappa shape index (κ1) is 21.0. The Morgan fingerprint density at radius 3 is 1.30 bits per heavy atom. The van der Waals surface area contributed by atoms with E-state index in [1.165, 1.54) is 0 Å². The van der Waals surface area contributed by atoms with Crippen molar-refractivity contribution in [3.8, 4) is 0 Å². The van der Waals surface area contributed by atoms with Crippen LogP contribution in [-0.2, 0) is 14.2 Å². The van der Waals surface area contributed by atoms with Crippen LogP contribution in [0.2, 0.25) is 0 Å². The molecule has 144 valence electrons. The summed E-state index contributed by atoms with van der Waals surface area (Å²) in [6, 6.07) is 20.1. The summed E-state index contributed by atoms with van der Waals surface area (Å²) in [5.74, 6) is 0. The molecule has 0 spiro atoms. The second-order valence-corrected chi connectivity index (χ2v) is 5.73. The van der Waals surface area contributed by atoms with Gasteiger partial charge in [-0.25, -0.2) is 0 Å². The van der Waals surface area contributed by atoms with E-state index in [1.54, 1.807) is 0 Å². The van der Waals surface area contributed by atoms with E-state index in [0.29, 0.717) is 52.7 Å². The van der Waals surface area contributed by atoms with Gasteiger partial charge in [-0.15, -0.1) is 0 Å². The summed E-state index contributed by atoms with van der Waals surface area (Å²) in [5.41, 5.74) is 2.21. The Bertz CT molecular complexity index is 588. The fraction of sp³-hybridized carbons (Fsp3) is 0.364. The molecule has 0 aliphatic rings. The predicted octanol–water partition coefficient (Wildman–Crippen LogP) is 3.27. The van der Waals surface area contributed by atoms with E-state index < -0.39 is 0 Å². The van der Waals surface area contributed by atoms with E-state index >= 15 is 0 Å². The Balaban J connectivity index is 1.33. The number of nitrogens with zero attached hydrogens (tertiary/aromatic N) is 2. The third kappa shape index (κ3) is 11.1. The molecule has 2 aromatic carbocycles. The minimum Gasteiger partial charge on any atom is -0.377 e. The number of ether oxygens (including phenoxy) is 3. The lowest BCUT2D eigenvalue weighted by atomic mass is 10.2. The smallest absolute Gasteiger partial charge is 0.0701 e. The van der Waals surface area contributed by atoms with Gasteiger partial charge in [0.25, 0.3) is 0 Å². The van der Waals surface area contributed by atoms with Crippen molar-refractivity contribution in [2.24, 2.45) is 9.98 Å². The van der Waals surface area contributed by atoms with Gasteiger partial charge in [0.1, 0.15) is 0 Å². The third-order valence-corrected chi connectivity index (χ3v) is 3.55. The molecule has 27 heavy (non-hydrogen) atoms. The van der Waals surface area contributed by atoms with Crippen LogP contribution in [0.4, 0.5) is 0 Å². The normalized spacial score (nSPS) is 11.6. The van der Waals surface area contributed by atoms with E-state index in [0.717, 1.165) is 11.1 Å². The fourth-order valence-corrected chi connectivity index (χ4v) is 2.19. The highest BCUT2D eigenvalue weighted by Crippen LogP contribution is 1.94. The summed E-state index contributed by atoms with van der Waals surface area (Å²) in [6.45, 7) is 4.79. The summed E-state index contributed by atoms with van der Waals surface area (Å²) >= 11 is 0. The highest BCUT2D eigenvalue weighted by atomic mass is 16.5. The molecule has 0 aliphatic carbocycles. The highest BCUT2D eigenvalue weighted by molar-refractivity contribution is 5.79. The van der Waals surface area contributed by atoms with Gasteiger partial charge in [0.05, 0.1) is 52.7 Å². The van der Waals surface area contributed by atoms with Crippen LogP contribution in [0.5, 0.6) is 0 Å². The number of rotatable bonds is 14. The molecule has 0 bridgehead atoms. The second kappa shape index (κ2) is 14.8. The van der Waals surface area contributed by atoms with Crippen molar-refractivity contribution < 1.29 is 14.2 Å². The van der Waals surface area contributed by atoms with Crippen molar-refractivity contribution in [1.29, 1.82) is 0 Å². The molecule has 5 nitrogen and oxygen atoms in total. The van der Waals surface area contributed by atoms with Crippen LogP contribution >= 0.6 is 0 Å². The number of benzene rings is 2. The molecule has 0 unspecified atom stereocenters. The maximum Gasteiger partial charge on any atom is 0.0701 e. The predicted molar refractivity (Wildman–Crippen MR) is 110 cm³/mol. The first-order valence-corrected chi connectivity index (χ1v) is 9.28. The summed E-state index contributed by atoms with van der Waals surface area (Å²) < 4.78 is 16.4. The van der Waals surface area contributed by atoms with Crippen LogP contribution in [0, 0.1) is 0 Å². The summed E-state index contributed by atoms with van der Waals surface area (Å²) in [5, 5.41) is 0. The lowest BCUT2D eigenvalue weighted by molar-refractivity contribution is 0.0176. The lowest BCUT2D eigenvalue weighted by Crippen LogP contribution is -2.11. The minimum absolute atomic E-state index is 0.567. The molecule has 0 amide bonds. The zero-order valence-electron chi connectivity index (χ0n) is 15.7. The summed E-state index contributed by atoms with van der Waals surface area (Å²) in [7, 11) is 0. The van der Waals surface area contributed by atoms with Crippen molar-refractivity contribution in [2.45, 2.75) is 0 Å². The average Bonchev–Trinajstić information content (AvgIpc) is 2.72. The van der Waals surface area contributed by atoms with Crippen LogP contribution in [0.15, 0.2) is 70.6 Å². The Morgan fingerprint density at radius 2 is 0.889 bits per heavy atom. The molecule has 0 saturated carbocycles. The number of hydrogen-bond donors (Lipinski definition) is 0. The van der Waals surface area contributed by atoms with E-state index in [1.807, 2.05) is 73.1 Å². The van der Waals surface area contributed by atoms with Crippen molar-refractivity contribution in [3.05, 3.63) is 71.8 Å². The van der Waals surface area contributed by atoms with E-state index in [4.69, 9.17) is 14.2 Å². The molecular weight excluding hydrogens is 340 g/mol. The van der Waals surface area contributed by atoms with Crippen molar-refractivity contribution in [2.75, 3.05) is 52.7 Å². The van der Waals surface area contributed by atoms with Crippen LogP contribution < -0.4 is 0 Å². The van der Waals surface area contributed by atoms with Gasteiger partial charge >= 0.3 is 0 Å². The first-order valence-electron chi connectivity index (χ1n) is 9.28. The van der Waals surface area contributed by atoms with Gasteiger partial charge in [-0.1, -0.05) is 60.7 Å². The summed E-state index contributed by atoms with van der Waals surface area (Å²) in [4.78, 5) is 8.64. The van der Waals surface area contributed by atoms with Crippen LogP contribution in [-0.4, -0.2) is 65.2 Å². The van der Waals surface area contributed by atoms with Gasteiger partial charge < -0.3 is 14.2 Å². The molecule has 2 aromatic rings. The lowest BCUT2D eigenvalue weighted by Gasteiger charge is -2.05. The maximum atomic E-state index is 5.47. The molecule has 0 aromatic heterocycles. The second-order valence-electron chi connectivity index (χ2n) is 5.73. The van der Waals surface area contributed by atoms with Crippen molar-refractivity contribution in [3.63, 3.8) is 0 Å². The quantitative estimate of drug-likeness (QED) is 0.380. The fourth-order valence-electron chi connectivity index (χ4n) is 2.19. The maximum absolute atomic E-state index is 5.47. The van der Waals surface area contributed by atoms with E-state index in [2.05, 4.69) is 9.98 Å². The standard InChI is InChI=1S/C22H28N2O3/c1-3-7-21(8-4-1)19-23-11-13-25-15-17-27-18-16-26-14-12-24-20-22-9-5-2-6-10-22/h1-10,19-20H,11-18H2. The van der Waals surface area contributed by atoms with Gasteiger partial charge in [-0.3, -0.25) is 9.98 Å². The molecule has 0 heterocycles. The zero-order chi connectivity index (χ0) is 18.8. The van der Waals surface area contributed by atoms with Gasteiger partial charge in [0.15, 0.2) is 0 Å². The van der Waals surface area contributed by atoms with Gasteiger partial charge in [-0.05, 0) is 11.1 Å². The SMILES string of the molecule is C(=NCCOCCOCCOCCN=Cc1ccccc1)c1ccccc1. The number of hydrogen-bond acceptors (Lipinski definition) is 5. The molecule has 2 rings (SSSR count). The van der Waals surface area contributed by atoms with Crippen LogP contribution in [0.3, 0.4) is 0 Å². The molecule has 0 saturated heterocycles. The molecule has 0 fully saturated rings. The Kier molecular flexibility index (Phi) is 11.5. The molecule has 0 aliphatic heterocycles. The number of aliphatic imine (C=N–C) groups is 2. The van der Waals surface area contributed by atoms with Crippen molar-refractivity contribution in [1.82, 2.24) is 0 Å². The largest absolute Gasteiger partial charge is 0.377 e. The van der Waals surface area contributed by atoms with E-state index in [9.17, 15) is 0 Å². The minimum atomic E-state index is 0.567. The molecule has 0 atom stereocenters. The molecular formula is C22H28N2O3. The van der Waals surface area contributed by atoms with Gasteiger partial charge in [-0.2, -0.15) is 0 Å². The molecule has 0 N–H and O–H groups in total. The molecule has 0 radical (unpaired) electrons. The Hall–Kier alpha value is -2.34. The monoisotopic (exact) mass is 368 g/mol. The van der Waals surface area contributed by atoms with E-state index in [-0.39, 0.29) is 0 Å². The molecule has 5 heteroatoms. The third-order valence-electron chi connectivity index (χ3n) is 3.55. The zero-order valence-corrected chi connectivity index (χ0v) is 15.7.